The van der Waals surface area contributed by atoms with Crippen LogP contribution in [0.5, 0.6) is 5.75 Å². The molecule has 22 heavy (non-hydrogen) atoms. The van der Waals surface area contributed by atoms with Crippen molar-refractivity contribution in [1.29, 1.82) is 0 Å². The minimum Gasteiger partial charge on any atom is -0.491 e. The Morgan fingerprint density at radius 1 is 1.23 bits per heavy atom. The van der Waals surface area contributed by atoms with Gasteiger partial charge in [-0.05, 0) is 49.7 Å². The highest BCUT2D eigenvalue weighted by Crippen LogP contribution is 2.32. The van der Waals surface area contributed by atoms with E-state index in [0.717, 1.165) is 25.0 Å². The second-order valence-electron chi connectivity index (χ2n) is 7.07. The number of para-hydroxylation sites is 1. The topological polar surface area (TPSA) is 50.4 Å². The third-order valence-corrected chi connectivity index (χ3v) is 5.29. The van der Waals surface area contributed by atoms with E-state index >= 15 is 0 Å². The molecule has 0 aromatic heterocycles. The van der Waals surface area contributed by atoms with Gasteiger partial charge in [0, 0.05) is 18.5 Å². The second-order valence-corrected chi connectivity index (χ2v) is 7.07. The quantitative estimate of drug-likeness (QED) is 0.898. The van der Waals surface area contributed by atoms with Crippen molar-refractivity contribution in [1.82, 2.24) is 10.6 Å². The molecule has 3 atom stereocenters. The minimum atomic E-state index is 0.112. The van der Waals surface area contributed by atoms with E-state index in [4.69, 9.17) is 4.74 Å². The molecular formula is C18H24N2O2. The number of amides is 1. The summed E-state index contributed by atoms with van der Waals surface area (Å²) in [4.78, 5) is 12.3. The zero-order valence-corrected chi connectivity index (χ0v) is 12.9. The molecule has 4 nitrogen and oxygen atoms in total. The fourth-order valence-corrected chi connectivity index (χ4v) is 4.31. The van der Waals surface area contributed by atoms with Gasteiger partial charge in [-0.2, -0.15) is 0 Å². The standard InChI is InChI=1S/C18H24N2O2/c21-18(9-12-7-14-5-6-15(8-12)19-14)20-16-10-13-3-1-2-4-17(13)22-11-16/h1-4,12,14-16,19H,5-11H2,(H,20,21). The van der Waals surface area contributed by atoms with Crippen molar-refractivity contribution in [2.24, 2.45) is 5.92 Å². The van der Waals surface area contributed by atoms with Gasteiger partial charge in [0.1, 0.15) is 12.4 Å². The predicted molar refractivity (Wildman–Crippen MR) is 84.9 cm³/mol. The number of ether oxygens (including phenoxy) is 1. The van der Waals surface area contributed by atoms with E-state index < -0.39 is 0 Å². The van der Waals surface area contributed by atoms with Gasteiger partial charge < -0.3 is 15.4 Å². The molecule has 2 N–H and O–H groups in total. The third-order valence-electron chi connectivity index (χ3n) is 5.29. The Bertz CT molecular complexity index is 548. The number of rotatable bonds is 3. The molecule has 1 aromatic carbocycles. The summed E-state index contributed by atoms with van der Waals surface area (Å²) in [6.45, 7) is 0.584. The average molecular weight is 300 g/mol. The Labute approximate surface area is 131 Å². The van der Waals surface area contributed by atoms with Crippen LogP contribution in [0.25, 0.3) is 0 Å². The van der Waals surface area contributed by atoms with Crippen LogP contribution in [0.2, 0.25) is 0 Å². The Balaban J connectivity index is 1.30. The fraction of sp³-hybridized carbons (Fsp3) is 0.611. The van der Waals surface area contributed by atoms with Crippen molar-refractivity contribution in [3.8, 4) is 5.75 Å². The first-order valence-corrected chi connectivity index (χ1v) is 8.52. The SMILES string of the molecule is O=C(CC1CC2CCC(C1)N2)NC1COc2ccccc2C1. The van der Waals surface area contributed by atoms with E-state index in [1.807, 2.05) is 18.2 Å². The molecule has 3 aliphatic heterocycles. The van der Waals surface area contributed by atoms with Crippen LogP contribution in [0.3, 0.4) is 0 Å². The summed E-state index contributed by atoms with van der Waals surface area (Å²) in [7, 11) is 0. The molecule has 2 bridgehead atoms. The molecule has 0 spiro atoms. The van der Waals surface area contributed by atoms with Gasteiger partial charge in [0.25, 0.3) is 0 Å². The van der Waals surface area contributed by atoms with Gasteiger partial charge in [0.05, 0.1) is 6.04 Å². The van der Waals surface area contributed by atoms with Crippen LogP contribution in [0.1, 0.15) is 37.7 Å². The van der Waals surface area contributed by atoms with E-state index in [1.165, 1.54) is 18.4 Å². The molecule has 0 aliphatic carbocycles. The first-order valence-electron chi connectivity index (χ1n) is 8.52. The maximum Gasteiger partial charge on any atom is 0.220 e. The highest BCUT2D eigenvalue weighted by atomic mass is 16.5. The van der Waals surface area contributed by atoms with Crippen LogP contribution in [-0.4, -0.2) is 30.6 Å². The molecular weight excluding hydrogens is 276 g/mol. The van der Waals surface area contributed by atoms with Gasteiger partial charge in [-0.3, -0.25) is 4.79 Å². The monoisotopic (exact) mass is 300 g/mol. The molecule has 2 saturated heterocycles. The van der Waals surface area contributed by atoms with Gasteiger partial charge in [-0.25, -0.2) is 0 Å². The summed E-state index contributed by atoms with van der Waals surface area (Å²) >= 11 is 0. The maximum absolute atomic E-state index is 12.3. The first-order chi connectivity index (χ1) is 10.8. The number of hydrogen-bond acceptors (Lipinski definition) is 3. The lowest BCUT2D eigenvalue weighted by molar-refractivity contribution is -0.123. The summed E-state index contributed by atoms with van der Waals surface area (Å²) in [6.07, 6.45) is 6.44. The Kier molecular flexibility index (Phi) is 3.78. The van der Waals surface area contributed by atoms with Crippen LogP contribution in [0, 0.1) is 5.92 Å². The lowest BCUT2D eigenvalue weighted by Gasteiger charge is -2.30. The van der Waals surface area contributed by atoms with Gasteiger partial charge >= 0.3 is 0 Å². The van der Waals surface area contributed by atoms with Crippen molar-refractivity contribution in [2.75, 3.05) is 6.61 Å². The smallest absolute Gasteiger partial charge is 0.220 e. The summed E-state index contributed by atoms with van der Waals surface area (Å²) in [5.74, 6) is 1.71. The van der Waals surface area contributed by atoms with Crippen molar-refractivity contribution < 1.29 is 9.53 Å². The number of fused-ring (bicyclic) bond motifs is 3. The number of piperidine rings is 1. The largest absolute Gasteiger partial charge is 0.491 e. The molecule has 1 aromatic rings. The summed E-state index contributed by atoms with van der Waals surface area (Å²) < 4.78 is 5.75. The van der Waals surface area contributed by atoms with Crippen molar-refractivity contribution in [3.63, 3.8) is 0 Å². The molecule has 3 aliphatic rings. The zero-order chi connectivity index (χ0) is 14.9. The summed E-state index contributed by atoms with van der Waals surface area (Å²) in [5, 5.41) is 6.81. The lowest BCUT2D eigenvalue weighted by Crippen LogP contribution is -2.44. The maximum atomic E-state index is 12.3. The molecule has 4 rings (SSSR count). The summed E-state index contributed by atoms with van der Waals surface area (Å²) in [6, 6.07) is 9.51. The molecule has 3 unspecified atom stereocenters. The van der Waals surface area contributed by atoms with E-state index in [2.05, 4.69) is 16.7 Å². The van der Waals surface area contributed by atoms with Crippen molar-refractivity contribution in [3.05, 3.63) is 29.8 Å². The van der Waals surface area contributed by atoms with Crippen molar-refractivity contribution >= 4 is 5.91 Å². The minimum absolute atomic E-state index is 0.112. The number of nitrogens with one attached hydrogen (secondary N) is 2. The normalized spacial score (nSPS) is 32.9. The second kappa shape index (κ2) is 5.92. The van der Waals surface area contributed by atoms with Crippen LogP contribution >= 0.6 is 0 Å². The lowest BCUT2D eigenvalue weighted by atomic mass is 9.89. The fourth-order valence-electron chi connectivity index (χ4n) is 4.31. The van der Waals surface area contributed by atoms with E-state index in [9.17, 15) is 4.79 Å². The van der Waals surface area contributed by atoms with Crippen LogP contribution in [-0.2, 0) is 11.2 Å². The molecule has 2 fully saturated rings. The number of hydrogen-bond donors (Lipinski definition) is 2. The first kappa shape index (κ1) is 14.1. The molecule has 3 heterocycles. The zero-order valence-electron chi connectivity index (χ0n) is 12.9. The van der Waals surface area contributed by atoms with Crippen LogP contribution in [0.15, 0.2) is 24.3 Å². The van der Waals surface area contributed by atoms with Crippen LogP contribution < -0.4 is 15.4 Å². The molecule has 0 saturated carbocycles. The molecule has 1 amide bonds. The van der Waals surface area contributed by atoms with E-state index in [-0.39, 0.29) is 11.9 Å². The van der Waals surface area contributed by atoms with E-state index in [1.54, 1.807) is 0 Å². The van der Waals surface area contributed by atoms with Crippen LogP contribution in [0.4, 0.5) is 0 Å². The van der Waals surface area contributed by atoms with Crippen molar-refractivity contribution in [2.45, 2.75) is 56.7 Å². The van der Waals surface area contributed by atoms with Gasteiger partial charge in [0.15, 0.2) is 0 Å². The third kappa shape index (κ3) is 2.98. The van der Waals surface area contributed by atoms with Gasteiger partial charge in [0.2, 0.25) is 5.91 Å². The van der Waals surface area contributed by atoms with E-state index in [0.29, 0.717) is 31.0 Å². The highest BCUT2D eigenvalue weighted by molar-refractivity contribution is 5.76. The average Bonchev–Trinajstić information content (AvgIpc) is 2.86. The number of benzene rings is 1. The number of carbonyl (C=O) groups is 1. The Morgan fingerprint density at radius 2 is 2.00 bits per heavy atom. The predicted octanol–water partition coefficient (Wildman–Crippen LogP) is 2.03. The summed E-state index contributed by atoms with van der Waals surface area (Å²) in [5.41, 5.74) is 1.19. The van der Waals surface area contributed by atoms with Gasteiger partial charge in [-0.1, -0.05) is 18.2 Å². The molecule has 0 radical (unpaired) electrons. The number of carbonyl (C=O) groups excluding carboxylic acids is 1. The highest BCUT2D eigenvalue weighted by Gasteiger charge is 2.34. The molecule has 118 valence electrons. The Morgan fingerprint density at radius 3 is 2.82 bits per heavy atom. The van der Waals surface area contributed by atoms with Gasteiger partial charge in [-0.15, -0.1) is 0 Å². The molecule has 4 heteroatoms. The Hall–Kier alpha value is -1.55.